The topological polar surface area (TPSA) is 60.2 Å². The number of halogens is 2. The van der Waals surface area contributed by atoms with Gasteiger partial charge in [-0.1, -0.05) is 23.7 Å². The zero-order valence-corrected chi connectivity index (χ0v) is 9.93. The third-order valence-corrected chi connectivity index (χ3v) is 3.96. The van der Waals surface area contributed by atoms with Crippen molar-refractivity contribution in [3.05, 3.63) is 41.2 Å². The zero-order valence-electron chi connectivity index (χ0n) is 8.36. The van der Waals surface area contributed by atoms with Crippen molar-refractivity contribution in [2.75, 3.05) is 12.3 Å². The molecule has 0 amide bonds. The van der Waals surface area contributed by atoms with E-state index in [1.165, 1.54) is 18.2 Å². The first-order valence-electron chi connectivity index (χ1n) is 4.49. The van der Waals surface area contributed by atoms with Gasteiger partial charge in [0.2, 0.25) is 0 Å². The molecule has 0 aliphatic rings. The molecule has 0 saturated carbocycles. The molecular formula is C10H11ClFNO2S. The minimum absolute atomic E-state index is 0.0378. The minimum Gasteiger partial charge on any atom is -0.327 e. The third kappa shape index (κ3) is 3.30. The van der Waals surface area contributed by atoms with Gasteiger partial charge in [0.05, 0.1) is 9.92 Å². The van der Waals surface area contributed by atoms with Crippen molar-refractivity contribution in [1.82, 2.24) is 0 Å². The second kappa shape index (κ2) is 5.43. The fourth-order valence-electron chi connectivity index (χ4n) is 1.14. The number of nitrogens with two attached hydrogens (primary N) is 1. The molecule has 1 aromatic rings. The fraction of sp³-hybridized carbons (Fsp3) is 0.200. The minimum atomic E-state index is -3.74. The van der Waals surface area contributed by atoms with Crippen molar-refractivity contribution >= 4 is 21.4 Å². The Balaban J connectivity index is 3.04. The second-order valence-electron chi connectivity index (χ2n) is 3.08. The van der Waals surface area contributed by atoms with Crippen LogP contribution in [-0.2, 0) is 9.84 Å². The Morgan fingerprint density at radius 3 is 2.62 bits per heavy atom. The van der Waals surface area contributed by atoms with Gasteiger partial charge in [-0.3, -0.25) is 0 Å². The van der Waals surface area contributed by atoms with E-state index in [1.54, 1.807) is 6.07 Å². The van der Waals surface area contributed by atoms with Gasteiger partial charge in [0, 0.05) is 6.54 Å². The number of rotatable bonds is 4. The Morgan fingerprint density at radius 2 is 2.06 bits per heavy atom. The van der Waals surface area contributed by atoms with Crippen LogP contribution < -0.4 is 5.73 Å². The van der Waals surface area contributed by atoms with Crippen LogP contribution >= 0.6 is 11.6 Å². The predicted octanol–water partition coefficient (Wildman–Crippen LogP) is 1.93. The van der Waals surface area contributed by atoms with Crippen LogP contribution in [0.5, 0.6) is 0 Å². The molecular weight excluding hydrogens is 253 g/mol. The summed E-state index contributed by atoms with van der Waals surface area (Å²) in [6.45, 7) is -0.0378. The van der Waals surface area contributed by atoms with Gasteiger partial charge in [0.1, 0.15) is 11.6 Å². The largest absolute Gasteiger partial charge is 0.327 e. The van der Waals surface area contributed by atoms with Crippen LogP contribution in [0.4, 0.5) is 4.39 Å². The first-order chi connectivity index (χ1) is 7.47. The molecule has 0 unspecified atom stereocenters. The molecule has 16 heavy (non-hydrogen) atoms. The summed E-state index contributed by atoms with van der Waals surface area (Å²) in [6, 6.07) is 5.92. The molecule has 0 heterocycles. The highest BCUT2D eigenvalue weighted by molar-refractivity contribution is 7.91. The zero-order chi connectivity index (χ0) is 12.2. The van der Waals surface area contributed by atoms with E-state index in [0.717, 1.165) is 6.08 Å². The highest BCUT2D eigenvalue weighted by Gasteiger charge is 2.19. The SMILES string of the molecule is NC/C=C(\F)CS(=O)(=O)c1ccccc1Cl. The van der Waals surface area contributed by atoms with E-state index < -0.39 is 21.4 Å². The molecule has 88 valence electrons. The lowest BCUT2D eigenvalue weighted by atomic mass is 10.4. The molecule has 0 aliphatic heterocycles. The van der Waals surface area contributed by atoms with E-state index in [2.05, 4.69) is 0 Å². The monoisotopic (exact) mass is 263 g/mol. The Morgan fingerprint density at radius 1 is 1.44 bits per heavy atom. The van der Waals surface area contributed by atoms with Crippen molar-refractivity contribution in [3.63, 3.8) is 0 Å². The van der Waals surface area contributed by atoms with Gasteiger partial charge in [0.25, 0.3) is 0 Å². The van der Waals surface area contributed by atoms with Crippen molar-refractivity contribution in [2.24, 2.45) is 5.73 Å². The van der Waals surface area contributed by atoms with Crippen molar-refractivity contribution in [3.8, 4) is 0 Å². The highest BCUT2D eigenvalue weighted by Crippen LogP contribution is 2.23. The van der Waals surface area contributed by atoms with Gasteiger partial charge in [-0.05, 0) is 18.2 Å². The molecule has 0 aromatic heterocycles. The van der Waals surface area contributed by atoms with Gasteiger partial charge in [0.15, 0.2) is 9.84 Å². The Kier molecular flexibility index (Phi) is 4.46. The molecule has 1 aromatic carbocycles. The molecule has 2 N–H and O–H groups in total. The standard InChI is InChI=1S/C10H11ClFNO2S/c11-9-3-1-2-4-10(9)16(14,15)7-8(12)5-6-13/h1-5H,6-7,13H2/b8-5-. The summed E-state index contributed by atoms with van der Waals surface area (Å²) in [5.41, 5.74) is 5.08. The summed E-state index contributed by atoms with van der Waals surface area (Å²) >= 11 is 5.72. The molecule has 0 spiro atoms. The third-order valence-electron chi connectivity index (χ3n) is 1.84. The summed E-state index contributed by atoms with van der Waals surface area (Å²) in [4.78, 5) is -0.0720. The van der Waals surface area contributed by atoms with Crippen LogP contribution in [0.2, 0.25) is 5.02 Å². The summed E-state index contributed by atoms with van der Waals surface area (Å²) < 4.78 is 36.5. The smallest absolute Gasteiger partial charge is 0.186 e. The first kappa shape index (κ1) is 13.2. The number of benzene rings is 1. The van der Waals surface area contributed by atoms with Crippen molar-refractivity contribution in [1.29, 1.82) is 0 Å². The molecule has 0 saturated heterocycles. The van der Waals surface area contributed by atoms with Crippen LogP contribution in [-0.4, -0.2) is 20.7 Å². The fourth-order valence-corrected chi connectivity index (χ4v) is 2.92. The van der Waals surface area contributed by atoms with E-state index >= 15 is 0 Å². The Bertz CT molecular complexity index is 499. The van der Waals surface area contributed by atoms with Crippen LogP contribution in [0.25, 0.3) is 0 Å². The molecule has 0 fully saturated rings. The van der Waals surface area contributed by atoms with Crippen LogP contribution in [0.1, 0.15) is 0 Å². The highest BCUT2D eigenvalue weighted by atomic mass is 35.5. The van der Waals surface area contributed by atoms with E-state index in [9.17, 15) is 12.8 Å². The van der Waals surface area contributed by atoms with Crippen LogP contribution in [0, 0.1) is 0 Å². The lowest BCUT2D eigenvalue weighted by Crippen LogP contribution is -2.09. The second-order valence-corrected chi connectivity index (χ2v) is 5.44. The maximum atomic E-state index is 13.1. The summed E-state index contributed by atoms with van der Waals surface area (Å²) in [6.07, 6.45) is 1.02. The van der Waals surface area contributed by atoms with Gasteiger partial charge in [-0.2, -0.15) is 0 Å². The molecule has 0 atom stereocenters. The number of hydrogen-bond acceptors (Lipinski definition) is 3. The number of sulfone groups is 1. The molecule has 3 nitrogen and oxygen atoms in total. The summed E-state index contributed by atoms with van der Waals surface area (Å²) in [5, 5.41) is 0.0862. The Hall–Kier alpha value is -0.910. The van der Waals surface area contributed by atoms with E-state index in [4.69, 9.17) is 17.3 Å². The molecule has 6 heteroatoms. The maximum absolute atomic E-state index is 13.1. The van der Waals surface area contributed by atoms with Crippen LogP contribution in [0.15, 0.2) is 41.1 Å². The number of hydrogen-bond donors (Lipinski definition) is 1. The van der Waals surface area contributed by atoms with Gasteiger partial charge in [-0.25, -0.2) is 12.8 Å². The van der Waals surface area contributed by atoms with E-state index in [0.29, 0.717) is 0 Å². The van der Waals surface area contributed by atoms with E-state index in [1.807, 2.05) is 0 Å². The maximum Gasteiger partial charge on any atom is 0.186 e. The van der Waals surface area contributed by atoms with Gasteiger partial charge in [-0.15, -0.1) is 0 Å². The molecule has 0 radical (unpaired) electrons. The van der Waals surface area contributed by atoms with E-state index in [-0.39, 0.29) is 16.5 Å². The normalized spacial score (nSPS) is 12.8. The molecule has 0 bridgehead atoms. The summed E-state index contributed by atoms with van der Waals surface area (Å²) in [7, 11) is -3.74. The molecule has 0 aliphatic carbocycles. The average Bonchev–Trinajstić information content (AvgIpc) is 2.17. The first-order valence-corrected chi connectivity index (χ1v) is 6.52. The van der Waals surface area contributed by atoms with Crippen LogP contribution in [0.3, 0.4) is 0 Å². The lowest BCUT2D eigenvalue weighted by molar-refractivity contribution is 0.583. The van der Waals surface area contributed by atoms with Crippen molar-refractivity contribution < 1.29 is 12.8 Å². The lowest BCUT2D eigenvalue weighted by Gasteiger charge is -2.04. The average molecular weight is 264 g/mol. The van der Waals surface area contributed by atoms with Crippen molar-refractivity contribution in [2.45, 2.75) is 4.90 Å². The quantitative estimate of drug-likeness (QED) is 0.903. The van der Waals surface area contributed by atoms with Gasteiger partial charge >= 0.3 is 0 Å². The van der Waals surface area contributed by atoms with Gasteiger partial charge < -0.3 is 5.73 Å². The summed E-state index contributed by atoms with van der Waals surface area (Å²) in [5.74, 6) is -1.49. The molecule has 1 rings (SSSR count). The Labute approximate surface area is 98.6 Å². The predicted molar refractivity (Wildman–Crippen MR) is 61.8 cm³/mol.